The van der Waals surface area contributed by atoms with Crippen molar-refractivity contribution in [2.24, 2.45) is 0 Å². The number of carboxylic acids is 1. The zero-order valence-electron chi connectivity index (χ0n) is 9.56. The molecule has 1 aliphatic rings. The van der Waals surface area contributed by atoms with Crippen LogP contribution in [0.4, 0.5) is 5.13 Å². The van der Waals surface area contributed by atoms with E-state index in [9.17, 15) is 4.79 Å². The lowest BCUT2D eigenvalue weighted by molar-refractivity contribution is -0.137. The van der Waals surface area contributed by atoms with Gasteiger partial charge in [-0.3, -0.25) is 4.79 Å². The molecule has 1 fully saturated rings. The minimum Gasteiger partial charge on any atom is -0.481 e. The van der Waals surface area contributed by atoms with Gasteiger partial charge in [-0.2, -0.15) is 0 Å². The van der Waals surface area contributed by atoms with E-state index >= 15 is 0 Å². The molecule has 0 amide bonds. The molecule has 0 aromatic carbocycles. The summed E-state index contributed by atoms with van der Waals surface area (Å²) in [6.45, 7) is 4.99. The van der Waals surface area contributed by atoms with Crippen molar-refractivity contribution in [2.75, 3.05) is 11.4 Å². The Morgan fingerprint density at radius 2 is 2.38 bits per heavy atom. The van der Waals surface area contributed by atoms with Gasteiger partial charge in [0.25, 0.3) is 0 Å². The van der Waals surface area contributed by atoms with Gasteiger partial charge in [0, 0.05) is 17.5 Å². The Labute approximate surface area is 98.9 Å². The van der Waals surface area contributed by atoms with Crippen molar-refractivity contribution in [2.45, 2.75) is 39.2 Å². The predicted molar refractivity (Wildman–Crippen MR) is 64.2 cm³/mol. The second-order valence-electron chi connectivity index (χ2n) is 4.23. The molecule has 0 spiro atoms. The summed E-state index contributed by atoms with van der Waals surface area (Å²) in [5, 5.41) is 9.84. The highest BCUT2D eigenvalue weighted by molar-refractivity contribution is 7.15. The lowest BCUT2D eigenvalue weighted by atomic mass is 10.1. The number of carboxylic acid groups (broad SMARTS) is 1. The number of aliphatic carboxylic acids is 1. The van der Waals surface area contributed by atoms with Crippen molar-refractivity contribution >= 4 is 22.4 Å². The van der Waals surface area contributed by atoms with Crippen LogP contribution in [0.3, 0.4) is 0 Å². The van der Waals surface area contributed by atoms with Gasteiger partial charge in [-0.25, -0.2) is 4.98 Å². The number of aryl methyl sites for hydroxylation is 2. The molecule has 1 aromatic heterocycles. The average molecular weight is 240 g/mol. The molecular weight excluding hydrogens is 224 g/mol. The van der Waals surface area contributed by atoms with Crippen LogP contribution in [0.1, 0.15) is 29.8 Å². The van der Waals surface area contributed by atoms with Crippen molar-refractivity contribution < 1.29 is 9.90 Å². The van der Waals surface area contributed by atoms with Crippen LogP contribution in [0.25, 0.3) is 0 Å². The third kappa shape index (κ3) is 2.19. The van der Waals surface area contributed by atoms with Gasteiger partial charge in [0.15, 0.2) is 5.13 Å². The first-order valence-electron chi connectivity index (χ1n) is 5.50. The number of rotatable bonds is 3. The molecule has 2 rings (SSSR count). The number of thiazole rings is 1. The summed E-state index contributed by atoms with van der Waals surface area (Å²) in [5.41, 5.74) is 1.06. The van der Waals surface area contributed by atoms with Gasteiger partial charge in [0.05, 0.1) is 12.1 Å². The summed E-state index contributed by atoms with van der Waals surface area (Å²) in [6.07, 6.45) is 2.25. The minimum atomic E-state index is -0.720. The number of carbonyl (C=O) groups is 1. The monoisotopic (exact) mass is 240 g/mol. The van der Waals surface area contributed by atoms with E-state index in [0.29, 0.717) is 0 Å². The summed E-state index contributed by atoms with van der Waals surface area (Å²) < 4.78 is 0. The van der Waals surface area contributed by atoms with E-state index in [1.807, 2.05) is 6.92 Å². The van der Waals surface area contributed by atoms with Crippen LogP contribution in [0.5, 0.6) is 0 Å². The lowest BCUT2D eigenvalue weighted by Gasteiger charge is -2.22. The van der Waals surface area contributed by atoms with E-state index in [1.165, 1.54) is 4.88 Å². The van der Waals surface area contributed by atoms with Crippen molar-refractivity contribution in [3.63, 3.8) is 0 Å². The van der Waals surface area contributed by atoms with E-state index in [2.05, 4.69) is 16.8 Å². The summed E-state index contributed by atoms with van der Waals surface area (Å²) in [6, 6.07) is 0.127. The van der Waals surface area contributed by atoms with E-state index in [4.69, 9.17) is 5.11 Å². The quantitative estimate of drug-likeness (QED) is 0.880. The highest BCUT2D eigenvalue weighted by Gasteiger charge is 2.28. The Bertz CT molecular complexity index is 383. The molecule has 1 saturated heterocycles. The summed E-state index contributed by atoms with van der Waals surface area (Å²) >= 11 is 1.66. The van der Waals surface area contributed by atoms with Gasteiger partial charge < -0.3 is 10.0 Å². The molecule has 2 heterocycles. The Hall–Kier alpha value is -1.10. The molecule has 1 aromatic rings. The maximum Gasteiger partial charge on any atom is 0.305 e. The van der Waals surface area contributed by atoms with E-state index in [0.717, 1.165) is 30.2 Å². The van der Waals surface area contributed by atoms with Crippen molar-refractivity contribution in [1.29, 1.82) is 0 Å². The van der Waals surface area contributed by atoms with E-state index in [1.54, 1.807) is 11.3 Å². The molecule has 5 heteroatoms. The van der Waals surface area contributed by atoms with Crippen LogP contribution in [0, 0.1) is 13.8 Å². The topological polar surface area (TPSA) is 53.4 Å². The Balaban J connectivity index is 2.16. The van der Waals surface area contributed by atoms with Crippen LogP contribution in [0.2, 0.25) is 0 Å². The fourth-order valence-corrected chi connectivity index (χ4v) is 3.09. The summed E-state index contributed by atoms with van der Waals surface area (Å²) in [5.74, 6) is -0.720. The molecule has 0 radical (unpaired) electrons. The zero-order chi connectivity index (χ0) is 11.7. The zero-order valence-corrected chi connectivity index (χ0v) is 10.4. The molecule has 4 nitrogen and oxygen atoms in total. The van der Waals surface area contributed by atoms with Gasteiger partial charge >= 0.3 is 5.97 Å². The third-order valence-electron chi connectivity index (χ3n) is 3.05. The van der Waals surface area contributed by atoms with Crippen molar-refractivity contribution in [1.82, 2.24) is 4.98 Å². The molecule has 1 aliphatic heterocycles. The predicted octanol–water partition coefficient (Wildman–Crippen LogP) is 2.20. The van der Waals surface area contributed by atoms with Gasteiger partial charge in [0.1, 0.15) is 0 Å². The highest BCUT2D eigenvalue weighted by atomic mass is 32.1. The van der Waals surface area contributed by atoms with Gasteiger partial charge in [-0.15, -0.1) is 11.3 Å². The normalized spacial score (nSPS) is 20.4. The van der Waals surface area contributed by atoms with Crippen LogP contribution >= 0.6 is 11.3 Å². The maximum atomic E-state index is 10.8. The molecule has 16 heavy (non-hydrogen) atoms. The first-order chi connectivity index (χ1) is 7.58. The molecule has 88 valence electrons. The molecule has 1 atom stereocenters. The molecule has 0 bridgehead atoms. The lowest BCUT2D eigenvalue weighted by Crippen LogP contribution is -2.31. The van der Waals surface area contributed by atoms with Gasteiger partial charge in [-0.1, -0.05) is 0 Å². The Kier molecular flexibility index (Phi) is 3.14. The number of hydrogen-bond donors (Lipinski definition) is 1. The van der Waals surface area contributed by atoms with Crippen molar-refractivity contribution in [3.05, 3.63) is 10.6 Å². The van der Waals surface area contributed by atoms with Crippen LogP contribution < -0.4 is 4.90 Å². The summed E-state index contributed by atoms with van der Waals surface area (Å²) in [4.78, 5) is 18.6. The first-order valence-corrected chi connectivity index (χ1v) is 6.32. The molecule has 0 saturated carbocycles. The number of nitrogens with zero attached hydrogens (tertiary/aromatic N) is 2. The fraction of sp³-hybridized carbons (Fsp3) is 0.636. The molecule has 1 N–H and O–H groups in total. The second-order valence-corrected chi connectivity index (χ2v) is 5.41. The molecule has 1 unspecified atom stereocenters. The standard InChI is InChI=1S/C11H16N2O2S/c1-7-8(2)16-11(12-7)13-5-3-4-9(13)6-10(14)15/h9H,3-6H2,1-2H3,(H,14,15). The Morgan fingerprint density at radius 3 is 2.94 bits per heavy atom. The van der Waals surface area contributed by atoms with Crippen LogP contribution in [-0.2, 0) is 4.79 Å². The summed E-state index contributed by atoms with van der Waals surface area (Å²) in [7, 11) is 0. The average Bonchev–Trinajstić information content (AvgIpc) is 2.74. The Morgan fingerprint density at radius 1 is 1.62 bits per heavy atom. The smallest absolute Gasteiger partial charge is 0.305 e. The fourth-order valence-electron chi connectivity index (χ4n) is 2.08. The van der Waals surface area contributed by atoms with Gasteiger partial charge in [0.2, 0.25) is 0 Å². The van der Waals surface area contributed by atoms with Crippen LogP contribution in [-0.4, -0.2) is 28.6 Å². The number of hydrogen-bond acceptors (Lipinski definition) is 4. The second kappa shape index (κ2) is 4.41. The number of aromatic nitrogens is 1. The maximum absolute atomic E-state index is 10.8. The number of anilines is 1. The van der Waals surface area contributed by atoms with Crippen molar-refractivity contribution in [3.8, 4) is 0 Å². The first kappa shape index (κ1) is 11.4. The third-order valence-corrected chi connectivity index (χ3v) is 4.16. The van der Waals surface area contributed by atoms with Crippen LogP contribution in [0.15, 0.2) is 0 Å². The molecular formula is C11H16N2O2S. The highest BCUT2D eigenvalue weighted by Crippen LogP contribution is 2.32. The SMILES string of the molecule is Cc1nc(N2CCCC2CC(=O)O)sc1C. The molecule has 0 aliphatic carbocycles. The van der Waals surface area contributed by atoms with Gasteiger partial charge in [-0.05, 0) is 26.7 Å². The van der Waals surface area contributed by atoms with E-state index in [-0.39, 0.29) is 12.5 Å². The van der Waals surface area contributed by atoms with E-state index < -0.39 is 5.97 Å². The minimum absolute atomic E-state index is 0.127. The largest absolute Gasteiger partial charge is 0.481 e.